The molecule has 1 aliphatic heterocycles. The van der Waals surface area contributed by atoms with E-state index in [1.807, 2.05) is 68.0 Å². The number of nitrogens with zero attached hydrogens (tertiary/aromatic N) is 5. The Labute approximate surface area is 176 Å². The number of anilines is 1. The highest BCUT2D eigenvalue weighted by atomic mass is 16.6. The predicted octanol–water partition coefficient (Wildman–Crippen LogP) is 3.46. The topological polar surface area (TPSA) is 72.2 Å². The number of hydrogen-bond donors (Lipinski definition) is 0. The summed E-state index contributed by atoms with van der Waals surface area (Å²) in [6.45, 7) is 8.32. The molecular formula is C22H27N5O3. The van der Waals surface area contributed by atoms with Crippen LogP contribution in [-0.4, -0.2) is 64.3 Å². The van der Waals surface area contributed by atoms with Gasteiger partial charge in [0.2, 0.25) is 0 Å². The molecule has 0 radical (unpaired) electrons. The van der Waals surface area contributed by atoms with Gasteiger partial charge < -0.3 is 23.7 Å². The van der Waals surface area contributed by atoms with Crippen LogP contribution >= 0.6 is 0 Å². The normalized spacial score (nSPS) is 14.8. The van der Waals surface area contributed by atoms with Gasteiger partial charge in [-0.05, 0) is 45.0 Å². The smallest absolute Gasteiger partial charge is 0.410 e. The lowest BCUT2D eigenvalue weighted by atomic mass is 10.2. The number of hydrogen-bond acceptors (Lipinski definition) is 6. The van der Waals surface area contributed by atoms with Crippen LogP contribution in [0.15, 0.2) is 42.9 Å². The third-order valence-corrected chi connectivity index (χ3v) is 4.96. The molecule has 0 bridgehead atoms. The first kappa shape index (κ1) is 20.0. The minimum atomic E-state index is -0.478. The SMILES string of the molecule is COc1ccc2nc(-c3ccc(N4CCN(C(=O)OC(C)(C)C)CC4)nc3)cn2c1. The number of fused-ring (bicyclic) bond motifs is 1. The molecule has 0 spiro atoms. The molecule has 4 heterocycles. The maximum Gasteiger partial charge on any atom is 0.410 e. The standard InChI is InChI=1S/C22H27N5O3/c1-22(2,3)30-21(28)26-11-9-25(10-12-26)19-7-5-16(13-23-19)18-15-27-14-17(29-4)6-8-20(27)24-18/h5-8,13-15H,9-12H2,1-4H3. The third kappa shape index (κ3) is 4.32. The van der Waals surface area contributed by atoms with Crippen molar-refractivity contribution in [1.82, 2.24) is 19.3 Å². The summed E-state index contributed by atoms with van der Waals surface area (Å²) in [5.74, 6) is 1.68. The lowest BCUT2D eigenvalue weighted by Gasteiger charge is -2.36. The molecule has 30 heavy (non-hydrogen) atoms. The molecule has 1 fully saturated rings. The van der Waals surface area contributed by atoms with Crippen molar-refractivity contribution in [2.45, 2.75) is 26.4 Å². The minimum absolute atomic E-state index is 0.256. The Kier molecular flexibility index (Phi) is 5.24. The number of carbonyl (C=O) groups excluding carboxylic acids is 1. The van der Waals surface area contributed by atoms with Crippen LogP contribution in [0.5, 0.6) is 5.75 Å². The minimum Gasteiger partial charge on any atom is -0.495 e. The molecule has 3 aromatic heterocycles. The highest BCUT2D eigenvalue weighted by Crippen LogP contribution is 2.23. The first-order chi connectivity index (χ1) is 14.3. The largest absolute Gasteiger partial charge is 0.495 e. The molecule has 4 rings (SSSR count). The molecule has 0 aromatic carbocycles. The molecule has 158 valence electrons. The molecule has 8 heteroatoms. The number of carbonyl (C=O) groups is 1. The van der Waals surface area contributed by atoms with Crippen LogP contribution in [0.2, 0.25) is 0 Å². The number of amides is 1. The van der Waals surface area contributed by atoms with E-state index in [0.29, 0.717) is 13.1 Å². The molecule has 1 amide bonds. The van der Waals surface area contributed by atoms with Crippen LogP contribution in [0.25, 0.3) is 16.9 Å². The number of pyridine rings is 2. The quantitative estimate of drug-likeness (QED) is 0.660. The second kappa shape index (κ2) is 7.85. The van der Waals surface area contributed by atoms with Gasteiger partial charge in [0.1, 0.15) is 22.8 Å². The van der Waals surface area contributed by atoms with Crippen molar-refractivity contribution in [2.75, 3.05) is 38.2 Å². The lowest BCUT2D eigenvalue weighted by molar-refractivity contribution is 0.0240. The van der Waals surface area contributed by atoms with Crippen molar-refractivity contribution in [3.63, 3.8) is 0 Å². The van der Waals surface area contributed by atoms with Crippen molar-refractivity contribution < 1.29 is 14.3 Å². The van der Waals surface area contributed by atoms with E-state index in [1.165, 1.54) is 0 Å². The first-order valence-corrected chi connectivity index (χ1v) is 10.0. The molecule has 8 nitrogen and oxygen atoms in total. The Morgan fingerprint density at radius 3 is 2.43 bits per heavy atom. The fourth-order valence-corrected chi connectivity index (χ4v) is 3.40. The molecule has 0 saturated carbocycles. The number of methoxy groups -OCH3 is 1. The second-order valence-corrected chi connectivity index (χ2v) is 8.32. The summed E-state index contributed by atoms with van der Waals surface area (Å²) in [5, 5.41) is 0. The van der Waals surface area contributed by atoms with Crippen molar-refractivity contribution in [2.24, 2.45) is 0 Å². The zero-order chi connectivity index (χ0) is 21.3. The van der Waals surface area contributed by atoms with Gasteiger partial charge in [0.25, 0.3) is 0 Å². The summed E-state index contributed by atoms with van der Waals surface area (Å²) in [6, 6.07) is 7.85. The van der Waals surface area contributed by atoms with Gasteiger partial charge in [-0.15, -0.1) is 0 Å². The van der Waals surface area contributed by atoms with Crippen LogP contribution in [0, 0.1) is 0 Å². The highest BCUT2D eigenvalue weighted by molar-refractivity contribution is 5.69. The predicted molar refractivity (Wildman–Crippen MR) is 115 cm³/mol. The number of ether oxygens (including phenoxy) is 2. The molecule has 1 saturated heterocycles. The second-order valence-electron chi connectivity index (χ2n) is 8.32. The summed E-state index contributed by atoms with van der Waals surface area (Å²) in [7, 11) is 1.65. The van der Waals surface area contributed by atoms with E-state index in [0.717, 1.165) is 41.6 Å². The summed E-state index contributed by atoms with van der Waals surface area (Å²) in [6.07, 6.45) is 5.45. The number of imidazole rings is 1. The van der Waals surface area contributed by atoms with Gasteiger partial charge in [-0.2, -0.15) is 0 Å². The molecular weight excluding hydrogens is 382 g/mol. The zero-order valence-corrected chi connectivity index (χ0v) is 17.8. The Morgan fingerprint density at radius 2 is 1.80 bits per heavy atom. The van der Waals surface area contributed by atoms with E-state index in [-0.39, 0.29) is 6.09 Å². The fourth-order valence-electron chi connectivity index (χ4n) is 3.40. The molecule has 3 aromatic rings. The van der Waals surface area contributed by atoms with Gasteiger partial charge in [0.05, 0.1) is 19.0 Å². The van der Waals surface area contributed by atoms with Crippen molar-refractivity contribution >= 4 is 17.6 Å². The summed E-state index contributed by atoms with van der Waals surface area (Å²) in [4.78, 5) is 25.4. The summed E-state index contributed by atoms with van der Waals surface area (Å²) in [5.41, 5.74) is 2.19. The first-order valence-electron chi connectivity index (χ1n) is 10.0. The van der Waals surface area contributed by atoms with Crippen LogP contribution in [0.3, 0.4) is 0 Å². The number of rotatable bonds is 3. The molecule has 0 N–H and O–H groups in total. The average molecular weight is 409 g/mol. The van der Waals surface area contributed by atoms with Gasteiger partial charge in [-0.1, -0.05) is 0 Å². The van der Waals surface area contributed by atoms with Gasteiger partial charge in [-0.25, -0.2) is 14.8 Å². The van der Waals surface area contributed by atoms with Gasteiger partial charge in [0.15, 0.2) is 0 Å². The number of aromatic nitrogens is 3. The Balaban J connectivity index is 1.41. The number of piperazine rings is 1. The van der Waals surface area contributed by atoms with E-state index in [2.05, 4.69) is 14.9 Å². The van der Waals surface area contributed by atoms with Crippen LogP contribution in [0.4, 0.5) is 10.6 Å². The molecule has 1 aliphatic rings. The van der Waals surface area contributed by atoms with Gasteiger partial charge in [-0.3, -0.25) is 0 Å². The van der Waals surface area contributed by atoms with Crippen LogP contribution in [0.1, 0.15) is 20.8 Å². The fraction of sp³-hybridized carbons (Fsp3) is 0.409. The van der Waals surface area contributed by atoms with E-state index in [1.54, 1.807) is 12.0 Å². The molecule has 0 unspecified atom stereocenters. The van der Waals surface area contributed by atoms with E-state index in [9.17, 15) is 4.79 Å². The maximum absolute atomic E-state index is 12.2. The molecule has 0 aliphatic carbocycles. The van der Waals surface area contributed by atoms with E-state index in [4.69, 9.17) is 9.47 Å². The lowest BCUT2D eigenvalue weighted by Crippen LogP contribution is -2.50. The summed E-state index contributed by atoms with van der Waals surface area (Å²) >= 11 is 0. The Morgan fingerprint density at radius 1 is 1.03 bits per heavy atom. The maximum atomic E-state index is 12.2. The Bertz CT molecular complexity index is 1030. The monoisotopic (exact) mass is 409 g/mol. The highest BCUT2D eigenvalue weighted by Gasteiger charge is 2.26. The molecule has 0 atom stereocenters. The zero-order valence-electron chi connectivity index (χ0n) is 17.8. The van der Waals surface area contributed by atoms with Crippen LogP contribution < -0.4 is 9.64 Å². The van der Waals surface area contributed by atoms with Gasteiger partial charge in [0, 0.05) is 44.1 Å². The van der Waals surface area contributed by atoms with E-state index < -0.39 is 5.60 Å². The van der Waals surface area contributed by atoms with E-state index >= 15 is 0 Å². The summed E-state index contributed by atoms with van der Waals surface area (Å²) < 4.78 is 12.7. The average Bonchev–Trinajstić information content (AvgIpc) is 3.16. The van der Waals surface area contributed by atoms with Crippen molar-refractivity contribution in [3.05, 3.63) is 42.9 Å². The Hall–Kier alpha value is -3.29. The van der Waals surface area contributed by atoms with Crippen molar-refractivity contribution in [3.8, 4) is 17.0 Å². The third-order valence-electron chi connectivity index (χ3n) is 4.96. The van der Waals surface area contributed by atoms with Crippen LogP contribution in [-0.2, 0) is 4.74 Å². The van der Waals surface area contributed by atoms with Gasteiger partial charge >= 0.3 is 6.09 Å². The van der Waals surface area contributed by atoms with Crippen molar-refractivity contribution in [1.29, 1.82) is 0 Å².